The first kappa shape index (κ1) is 25.2. The number of hydrogen-bond acceptors (Lipinski definition) is 0. The van der Waals surface area contributed by atoms with E-state index in [2.05, 4.69) is 0 Å². The summed E-state index contributed by atoms with van der Waals surface area (Å²) >= 11 is 0. The molecule has 0 bridgehead atoms. The van der Waals surface area contributed by atoms with Crippen LogP contribution in [0.15, 0.2) is 0 Å². The minimum absolute atomic E-state index is 0. The van der Waals surface area contributed by atoms with Crippen molar-refractivity contribution in [2.75, 3.05) is 0 Å². The molecule has 4 heteroatoms. The molecule has 0 spiro atoms. The second-order valence-electron chi connectivity index (χ2n) is 0. The summed E-state index contributed by atoms with van der Waals surface area (Å²) < 4.78 is 0. The smallest absolute Gasteiger partial charge is 1.00 e. The summed E-state index contributed by atoms with van der Waals surface area (Å²) in [5.41, 5.74) is 0. The van der Waals surface area contributed by atoms with Crippen molar-refractivity contribution in [2.45, 2.75) is 0 Å². The van der Waals surface area contributed by atoms with E-state index in [0.717, 1.165) is 0 Å². The topological polar surface area (TPSA) is 0 Å². The third-order valence-electron chi connectivity index (χ3n) is 0. The number of halogens is 2. The van der Waals surface area contributed by atoms with E-state index in [1.807, 2.05) is 0 Å². The third kappa shape index (κ3) is 9.20. The molecule has 0 nitrogen and oxygen atoms in total. The van der Waals surface area contributed by atoms with E-state index in [-0.39, 0.29) is 117 Å². The molecule has 0 aromatic carbocycles. The van der Waals surface area contributed by atoms with Crippen LogP contribution in [0, 0.1) is 0 Å². The molecule has 0 aromatic heterocycles. The molecule has 16 valence electrons. The van der Waals surface area contributed by atoms with Crippen LogP contribution in [0.5, 0.6) is 0 Å². The van der Waals surface area contributed by atoms with Crippen LogP contribution in [0.3, 0.4) is 0 Å². The standard InChI is InChI=1S/2BrH.Ca.Sr/h2*1H;;/q;;2*+2/p-2. The van der Waals surface area contributed by atoms with Crippen LogP contribution >= 0.6 is 0 Å². The van der Waals surface area contributed by atoms with Crippen molar-refractivity contribution < 1.29 is 34.0 Å². The molecule has 0 rings (SSSR count). The van der Waals surface area contributed by atoms with Gasteiger partial charge in [-0.3, -0.25) is 0 Å². The molecule has 0 amide bonds. The van der Waals surface area contributed by atoms with Gasteiger partial charge in [0.25, 0.3) is 0 Å². The minimum atomic E-state index is 0. The van der Waals surface area contributed by atoms with Crippen molar-refractivity contribution in [1.82, 2.24) is 0 Å². The molecular formula is Br2CaSr+2. The summed E-state index contributed by atoms with van der Waals surface area (Å²) in [4.78, 5) is 0. The van der Waals surface area contributed by atoms with Crippen LogP contribution in [0.4, 0.5) is 0 Å². The maximum absolute atomic E-state index is 0. The van der Waals surface area contributed by atoms with E-state index in [4.69, 9.17) is 0 Å². The van der Waals surface area contributed by atoms with Gasteiger partial charge in [-0.2, -0.15) is 0 Å². The molecule has 0 aromatic rings. The van der Waals surface area contributed by atoms with Gasteiger partial charge in [-0.1, -0.05) is 0 Å². The molecular weight excluding hydrogens is 288 g/mol. The normalized spacial score (nSPS) is 0. The quantitative estimate of drug-likeness (QED) is 0.389. The maximum Gasteiger partial charge on any atom is 2.00 e. The number of rotatable bonds is 0. The fraction of sp³-hybridized carbons (Fsp3) is 0. The average molecular weight is 288 g/mol. The SMILES string of the molecule is [Br-].[Br-].[Ca+2].[Sr+2]. The molecule has 0 fully saturated rings. The molecule has 0 heterocycles. The molecule has 0 aliphatic rings. The van der Waals surface area contributed by atoms with E-state index in [9.17, 15) is 0 Å². The van der Waals surface area contributed by atoms with Crippen LogP contribution < -0.4 is 34.0 Å². The van der Waals surface area contributed by atoms with Crippen molar-refractivity contribution in [3.8, 4) is 0 Å². The van der Waals surface area contributed by atoms with Crippen LogP contribution in [0.1, 0.15) is 0 Å². The fourth-order valence-corrected chi connectivity index (χ4v) is 0. The molecule has 0 unspecified atom stereocenters. The Labute approximate surface area is 114 Å². The average Bonchev–Trinajstić information content (AvgIpc) is 0. The van der Waals surface area contributed by atoms with Crippen molar-refractivity contribution >= 4 is 83.2 Å². The Morgan fingerprint density at radius 3 is 0.750 bits per heavy atom. The monoisotopic (exact) mass is 286 g/mol. The van der Waals surface area contributed by atoms with Crippen LogP contribution in [-0.2, 0) is 0 Å². The Bertz CT molecular complexity index is 6.00. The number of hydrogen-bond donors (Lipinski definition) is 0. The minimum Gasteiger partial charge on any atom is -1.00 e. The summed E-state index contributed by atoms with van der Waals surface area (Å²) in [5.74, 6) is 0. The Morgan fingerprint density at radius 1 is 0.750 bits per heavy atom. The summed E-state index contributed by atoms with van der Waals surface area (Å²) in [7, 11) is 0. The summed E-state index contributed by atoms with van der Waals surface area (Å²) in [6, 6.07) is 0. The molecule has 0 N–H and O–H groups in total. The van der Waals surface area contributed by atoms with Gasteiger partial charge in [0.05, 0.1) is 0 Å². The second kappa shape index (κ2) is 15.9. The van der Waals surface area contributed by atoms with E-state index < -0.39 is 0 Å². The predicted molar refractivity (Wildman–Crippen MR) is 11.5 cm³/mol. The van der Waals surface area contributed by atoms with Gasteiger partial charge in [0.15, 0.2) is 0 Å². The Balaban J connectivity index is 0. The van der Waals surface area contributed by atoms with Gasteiger partial charge in [-0.15, -0.1) is 0 Å². The van der Waals surface area contributed by atoms with Crippen LogP contribution in [0.25, 0.3) is 0 Å². The van der Waals surface area contributed by atoms with Crippen molar-refractivity contribution in [1.29, 1.82) is 0 Å². The Hall–Kier alpha value is 3.70. The molecule has 0 atom stereocenters. The molecule has 0 saturated heterocycles. The van der Waals surface area contributed by atoms with Gasteiger partial charge >= 0.3 is 83.2 Å². The maximum atomic E-state index is 0. The first-order valence-electron chi connectivity index (χ1n) is 0. The fourth-order valence-electron chi connectivity index (χ4n) is 0. The Morgan fingerprint density at radius 2 is 0.750 bits per heavy atom. The molecule has 4 heavy (non-hydrogen) atoms. The van der Waals surface area contributed by atoms with E-state index in [0.29, 0.717) is 0 Å². The zero-order chi connectivity index (χ0) is 0. The van der Waals surface area contributed by atoms with Crippen molar-refractivity contribution in [3.63, 3.8) is 0 Å². The summed E-state index contributed by atoms with van der Waals surface area (Å²) in [5, 5.41) is 0. The zero-order valence-corrected chi connectivity index (χ0v) is 11.0. The van der Waals surface area contributed by atoms with Gasteiger partial charge in [0.1, 0.15) is 0 Å². The van der Waals surface area contributed by atoms with Gasteiger partial charge in [0, 0.05) is 0 Å². The Kier molecular flexibility index (Phi) is 100. The van der Waals surface area contributed by atoms with Gasteiger partial charge in [-0.05, 0) is 0 Å². The van der Waals surface area contributed by atoms with E-state index in [1.165, 1.54) is 0 Å². The van der Waals surface area contributed by atoms with Crippen molar-refractivity contribution in [3.05, 3.63) is 0 Å². The molecule has 0 saturated carbocycles. The largest absolute Gasteiger partial charge is 2.00 e. The molecule has 0 aliphatic heterocycles. The zero-order valence-electron chi connectivity index (χ0n) is 2.17. The predicted octanol–water partition coefficient (Wildman–Crippen LogP) is -6.75. The van der Waals surface area contributed by atoms with Crippen LogP contribution in [-0.4, -0.2) is 83.2 Å². The first-order valence-corrected chi connectivity index (χ1v) is 0. The van der Waals surface area contributed by atoms with Crippen LogP contribution in [0.2, 0.25) is 0 Å². The van der Waals surface area contributed by atoms with Gasteiger partial charge in [0.2, 0.25) is 0 Å². The van der Waals surface area contributed by atoms with Crippen molar-refractivity contribution in [2.24, 2.45) is 0 Å². The first-order chi connectivity index (χ1) is 0. The third-order valence-corrected chi connectivity index (χ3v) is 0. The second-order valence-corrected chi connectivity index (χ2v) is 0. The van der Waals surface area contributed by atoms with E-state index >= 15 is 0 Å². The summed E-state index contributed by atoms with van der Waals surface area (Å²) in [6.45, 7) is 0. The molecule has 0 aliphatic carbocycles. The molecule has 0 radical (unpaired) electrons. The van der Waals surface area contributed by atoms with Gasteiger partial charge in [-0.25, -0.2) is 0 Å². The van der Waals surface area contributed by atoms with Gasteiger partial charge < -0.3 is 34.0 Å². The van der Waals surface area contributed by atoms with E-state index in [1.54, 1.807) is 0 Å². The summed E-state index contributed by atoms with van der Waals surface area (Å²) in [6.07, 6.45) is 0.